The lowest BCUT2D eigenvalue weighted by Crippen LogP contribution is -2.52. The van der Waals surface area contributed by atoms with E-state index in [0.717, 1.165) is 25.7 Å². The van der Waals surface area contributed by atoms with E-state index < -0.39 is 11.4 Å². The molecule has 2 fully saturated rings. The fraction of sp³-hybridized carbons (Fsp3) is 0.867. The SMILES string of the molecule is CCCC1(C(=O)O)CCN(C(=O)NCC2(OC)CCC2)C1. The van der Waals surface area contributed by atoms with E-state index in [4.69, 9.17) is 4.74 Å². The van der Waals surface area contributed by atoms with Gasteiger partial charge >= 0.3 is 12.0 Å². The van der Waals surface area contributed by atoms with Crippen LogP contribution in [0, 0.1) is 5.41 Å². The topological polar surface area (TPSA) is 78.9 Å². The van der Waals surface area contributed by atoms with Gasteiger partial charge in [0.05, 0.1) is 11.0 Å². The molecule has 0 aromatic heterocycles. The molecule has 6 heteroatoms. The van der Waals surface area contributed by atoms with Crippen LogP contribution in [0.5, 0.6) is 0 Å². The predicted molar refractivity (Wildman–Crippen MR) is 78.2 cm³/mol. The van der Waals surface area contributed by atoms with Crippen molar-refractivity contribution in [3.8, 4) is 0 Å². The van der Waals surface area contributed by atoms with E-state index in [2.05, 4.69) is 5.32 Å². The number of methoxy groups -OCH3 is 1. The molecule has 1 saturated heterocycles. The second-order valence-corrected chi connectivity index (χ2v) is 6.41. The van der Waals surface area contributed by atoms with Crippen LogP contribution in [0.2, 0.25) is 0 Å². The van der Waals surface area contributed by atoms with E-state index >= 15 is 0 Å². The molecule has 0 bridgehead atoms. The Kier molecular flexibility index (Phi) is 4.76. The highest BCUT2D eigenvalue weighted by Gasteiger charge is 2.46. The third-order valence-electron chi connectivity index (χ3n) is 5.08. The van der Waals surface area contributed by atoms with Crippen molar-refractivity contribution in [2.45, 2.75) is 51.0 Å². The molecule has 0 aromatic carbocycles. The minimum Gasteiger partial charge on any atom is -0.481 e. The summed E-state index contributed by atoms with van der Waals surface area (Å²) in [5.74, 6) is -0.785. The van der Waals surface area contributed by atoms with Gasteiger partial charge < -0.3 is 20.1 Å². The minimum absolute atomic E-state index is 0.169. The highest BCUT2D eigenvalue weighted by Crippen LogP contribution is 2.36. The molecule has 0 aromatic rings. The van der Waals surface area contributed by atoms with Crippen LogP contribution in [-0.2, 0) is 9.53 Å². The molecule has 1 saturated carbocycles. The van der Waals surface area contributed by atoms with E-state index in [1.807, 2.05) is 6.92 Å². The van der Waals surface area contributed by atoms with Crippen molar-refractivity contribution in [2.75, 3.05) is 26.7 Å². The van der Waals surface area contributed by atoms with Crippen LogP contribution in [0.1, 0.15) is 45.4 Å². The number of nitrogens with one attached hydrogen (secondary N) is 1. The molecule has 0 spiro atoms. The molecule has 1 aliphatic carbocycles. The summed E-state index contributed by atoms with van der Waals surface area (Å²) in [4.78, 5) is 25.4. The Morgan fingerprint density at radius 3 is 2.52 bits per heavy atom. The van der Waals surface area contributed by atoms with Crippen molar-refractivity contribution < 1.29 is 19.4 Å². The van der Waals surface area contributed by atoms with Crippen molar-refractivity contribution in [3.05, 3.63) is 0 Å². The molecule has 2 N–H and O–H groups in total. The molecular formula is C15H26N2O4. The maximum atomic E-state index is 12.2. The second-order valence-electron chi connectivity index (χ2n) is 6.41. The molecule has 0 radical (unpaired) electrons. The summed E-state index contributed by atoms with van der Waals surface area (Å²) in [6.07, 6.45) is 5.05. The summed E-state index contributed by atoms with van der Waals surface area (Å²) >= 11 is 0. The number of carbonyl (C=O) groups is 2. The molecule has 120 valence electrons. The van der Waals surface area contributed by atoms with E-state index in [9.17, 15) is 14.7 Å². The van der Waals surface area contributed by atoms with Gasteiger partial charge in [0.1, 0.15) is 0 Å². The Morgan fingerprint density at radius 1 is 1.33 bits per heavy atom. The monoisotopic (exact) mass is 298 g/mol. The largest absolute Gasteiger partial charge is 0.481 e. The second kappa shape index (κ2) is 6.22. The maximum Gasteiger partial charge on any atom is 0.317 e. The minimum atomic E-state index is -0.785. The van der Waals surface area contributed by atoms with Crippen LogP contribution in [0.15, 0.2) is 0 Å². The molecule has 1 aliphatic heterocycles. The van der Waals surface area contributed by atoms with Crippen molar-refractivity contribution in [1.29, 1.82) is 0 Å². The summed E-state index contributed by atoms with van der Waals surface area (Å²) in [5, 5.41) is 12.4. The first-order valence-electron chi connectivity index (χ1n) is 7.78. The lowest BCUT2D eigenvalue weighted by atomic mass is 9.80. The first-order valence-corrected chi connectivity index (χ1v) is 7.78. The Hall–Kier alpha value is -1.30. The van der Waals surface area contributed by atoms with Gasteiger partial charge in [-0.1, -0.05) is 13.3 Å². The molecule has 1 unspecified atom stereocenters. The number of rotatable bonds is 6. The predicted octanol–water partition coefficient (Wildman–Crippen LogP) is 1.84. The number of likely N-dealkylation sites (tertiary alicyclic amines) is 1. The van der Waals surface area contributed by atoms with Gasteiger partial charge in [0.2, 0.25) is 0 Å². The van der Waals surface area contributed by atoms with Crippen molar-refractivity contribution >= 4 is 12.0 Å². The molecular weight excluding hydrogens is 272 g/mol. The zero-order valence-electron chi connectivity index (χ0n) is 13.0. The highest BCUT2D eigenvalue weighted by atomic mass is 16.5. The Balaban J connectivity index is 1.88. The van der Waals surface area contributed by atoms with Gasteiger partial charge in [-0.15, -0.1) is 0 Å². The highest BCUT2D eigenvalue weighted by molar-refractivity contribution is 5.79. The third kappa shape index (κ3) is 3.15. The van der Waals surface area contributed by atoms with E-state index in [1.54, 1.807) is 12.0 Å². The van der Waals surface area contributed by atoms with Gasteiger partial charge in [-0.2, -0.15) is 0 Å². The van der Waals surface area contributed by atoms with Crippen LogP contribution < -0.4 is 5.32 Å². The van der Waals surface area contributed by atoms with Crippen LogP contribution in [-0.4, -0.2) is 54.4 Å². The van der Waals surface area contributed by atoms with Gasteiger partial charge in [-0.3, -0.25) is 4.79 Å². The van der Waals surface area contributed by atoms with E-state index in [-0.39, 0.29) is 11.6 Å². The zero-order valence-corrected chi connectivity index (χ0v) is 13.0. The average molecular weight is 298 g/mol. The lowest BCUT2D eigenvalue weighted by Gasteiger charge is -2.40. The number of carboxylic acid groups (broad SMARTS) is 1. The van der Waals surface area contributed by atoms with E-state index in [1.165, 1.54) is 0 Å². The molecule has 2 aliphatic rings. The summed E-state index contributed by atoms with van der Waals surface area (Å²) in [6.45, 7) is 3.30. The molecule has 1 heterocycles. The average Bonchev–Trinajstić information content (AvgIpc) is 2.84. The third-order valence-corrected chi connectivity index (χ3v) is 5.08. The first-order chi connectivity index (χ1) is 9.97. The number of carbonyl (C=O) groups excluding carboxylic acids is 1. The summed E-state index contributed by atoms with van der Waals surface area (Å²) in [5.41, 5.74) is -0.968. The molecule has 2 amide bonds. The Labute approximate surface area is 125 Å². The Bertz CT molecular complexity index is 403. The smallest absolute Gasteiger partial charge is 0.317 e. The summed E-state index contributed by atoms with van der Waals surface area (Å²) in [7, 11) is 1.68. The summed E-state index contributed by atoms with van der Waals surface area (Å²) in [6, 6.07) is -0.169. The number of nitrogens with zero attached hydrogens (tertiary/aromatic N) is 1. The van der Waals surface area contributed by atoms with Crippen LogP contribution in [0.25, 0.3) is 0 Å². The normalized spacial score (nSPS) is 27.2. The molecule has 21 heavy (non-hydrogen) atoms. The molecule has 6 nitrogen and oxygen atoms in total. The van der Waals surface area contributed by atoms with Crippen LogP contribution in [0.3, 0.4) is 0 Å². The lowest BCUT2D eigenvalue weighted by molar-refractivity contribution is -0.148. The van der Waals surface area contributed by atoms with Crippen molar-refractivity contribution in [3.63, 3.8) is 0 Å². The molecule has 2 rings (SSSR count). The maximum absolute atomic E-state index is 12.2. The van der Waals surface area contributed by atoms with Gasteiger partial charge in [0.15, 0.2) is 0 Å². The van der Waals surface area contributed by atoms with Gasteiger partial charge in [-0.05, 0) is 32.1 Å². The van der Waals surface area contributed by atoms with Crippen LogP contribution >= 0.6 is 0 Å². The number of amides is 2. The number of aliphatic carboxylic acids is 1. The number of ether oxygens (including phenoxy) is 1. The number of carboxylic acids is 1. The van der Waals surface area contributed by atoms with Gasteiger partial charge in [0, 0.05) is 26.7 Å². The summed E-state index contributed by atoms with van der Waals surface area (Å²) < 4.78 is 5.48. The van der Waals surface area contributed by atoms with Crippen molar-refractivity contribution in [1.82, 2.24) is 10.2 Å². The Morgan fingerprint density at radius 2 is 2.05 bits per heavy atom. The van der Waals surface area contributed by atoms with Gasteiger partial charge in [-0.25, -0.2) is 4.79 Å². The van der Waals surface area contributed by atoms with Crippen LogP contribution in [0.4, 0.5) is 4.79 Å². The van der Waals surface area contributed by atoms with E-state index in [0.29, 0.717) is 32.5 Å². The van der Waals surface area contributed by atoms with Gasteiger partial charge in [0.25, 0.3) is 0 Å². The first kappa shape index (κ1) is 16.1. The zero-order chi connectivity index (χ0) is 15.5. The standard InChI is InChI=1S/C15H26N2O4/c1-3-5-14(12(18)19)8-9-17(11-14)13(20)16-10-15(21-2)6-4-7-15/h3-11H2,1-2H3,(H,16,20)(H,18,19). The number of hydrogen-bond acceptors (Lipinski definition) is 3. The molecule has 1 atom stereocenters. The fourth-order valence-electron chi connectivity index (χ4n) is 3.38. The fourth-order valence-corrected chi connectivity index (χ4v) is 3.38. The van der Waals surface area contributed by atoms with Crippen molar-refractivity contribution in [2.24, 2.45) is 5.41 Å². The number of urea groups is 1. The number of hydrogen-bond donors (Lipinski definition) is 2. The quantitative estimate of drug-likeness (QED) is 0.784.